The number of hydrogen-bond acceptors (Lipinski definition) is 1. The molecule has 1 nitrogen and oxygen atoms in total. The summed E-state index contributed by atoms with van der Waals surface area (Å²) in [4.78, 5) is 0. The Balaban J connectivity index is 1.12. The van der Waals surface area contributed by atoms with E-state index in [4.69, 9.17) is 0 Å². The third-order valence-electron chi connectivity index (χ3n) is 9.81. The maximum atomic E-state index is 3.74. The van der Waals surface area contributed by atoms with E-state index in [1.165, 1.54) is 70.2 Å². The Hall–Kier alpha value is -4.36. The van der Waals surface area contributed by atoms with E-state index in [1.807, 2.05) is 0 Å². The van der Waals surface area contributed by atoms with Crippen molar-refractivity contribution in [2.75, 3.05) is 5.32 Å². The minimum Gasteiger partial charge on any atom is -0.355 e. The van der Waals surface area contributed by atoms with Gasteiger partial charge in [-0.1, -0.05) is 116 Å². The lowest BCUT2D eigenvalue weighted by atomic mass is 9.58. The first kappa shape index (κ1) is 24.4. The second-order valence-corrected chi connectivity index (χ2v) is 12.4. The molecule has 1 fully saturated rings. The lowest BCUT2D eigenvalue weighted by molar-refractivity contribution is 0.284. The van der Waals surface area contributed by atoms with Crippen LogP contribution in [0.25, 0.3) is 33.4 Å². The molecule has 1 spiro atoms. The fourth-order valence-corrected chi connectivity index (χ4v) is 8.01. The zero-order valence-electron chi connectivity index (χ0n) is 23.6. The van der Waals surface area contributed by atoms with E-state index in [9.17, 15) is 0 Å². The van der Waals surface area contributed by atoms with Crippen LogP contribution in [0, 0.1) is 11.8 Å². The normalized spacial score (nSPS) is 22.1. The Morgan fingerprint density at radius 3 is 2.15 bits per heavy atom. The number of benzene rings is 5. The average molecular weight is 530 g/mol. The second-order valence-electron chi connectivity index (χ2n) is 12.4. The van der Waals surface area contributed by atoms with Crippen LogP contribution in [0.15, 0.2) is 133 Å². The van der Waals surface area contributed by atoms with Gasteiger partial charge in [0.25, 0.3) is 0 Å². The van der Waals surface area contributed by atoms with Crippen LogP contribution in [-0.2, 0) is 5.41 Å². The SMILES string of the molecule is CC1C=C2CC(CCC23c2ccccc2-c2cc(Nc4cccc(-c5ccc(-c6ccccc6)cc5)c4)ccc23)C1. The van der Waals surface area contributed by atoms with Gasteiger partial charge < -0.3 is 5.32 Å². The molecule has 200 valence electrons. The summed E-state index contributed by atoms with van der Waals surface area (Å²) < 4.78 is 0. The summed E-state index contributed by atoms with van der Waals surface area (Å²) >= 11 is 0. The fraction of sp³-hybridized carbons (Fsp3) is 0.200. The molecule has 5 aromatic rings. The van der Waals surface area contributed by atoms with E-state index in [2.05, 4.69) is 140 Å². The molecule has 3 aliphatic carbocycles. The number of anilines is 2. The Bertz CT molecular complexity index is 1780. The predicted octanol–water partition coefficient (Wildman–Crippen LogP) is 10.8. The summed E-state index contributed by atoms with van der Waals surface area (Å²) in [6.07, 6.45) is 7.79. The smallest absolute Gasteiger partial charge is 0.0423 e. The number of hydrogen-bond donors (Lipinski definition) is 1. The van der Waals surface area contributed by atoms with Gasteiger partial charge in [-0.3, -0.25) is 0 Å². The molecule has 0 radical (unpaired) electrons. The van der Waals surface area contributed by atoms with Gasteiger partial charge in [0, 0.05) is 16.8 Å². The van der Waals surface area contributed by atoms with Crippen molar-refractivity contribution < 1.29 is 0 Å². The first-order valence-electron chi connectivity index (χ1n) is 15.2. The van der Waals surface area contributed by atoms with E-state index >= 15 is 0 Å². The standard InChI is InChI=1S/C40H35N/c1-27-22-28-20-21-40(33(23-27)24-28)38-13-6-5-12-36(38)37-26-35(18-19-39(37)40)41-34-11-7-10-32(25-34)31-16-14-30(15-17-31)29-8-3-2-4-9-29/h2-19,23,25-28,41H,20-22,24H2,1H3. The predicted molar refractivity (Wildman–Crippen MR) is 172 cm³/mol. The molecule has 0 heterocycles. The lowest BCUT2D eigenvalue weighted by Crippen LogP contribution is -2.36. The highest BCUT2D eigenvalue weighted by Crippen LogP contribution is 2.60. The molecule has 3 unspecified atom stereocenters. The van der Waals surface area contributed by atoms with E-state index in [1.54, 1.807) is 5.57 Å². The van der Waals surface area contributed by atoms with E-state index in [0.717, 1.165) is 17.3 Å². The van der Waals surface area contributed by atoms with Crippen LogP contribution in [0.1, 0.15) is 43.7 Å². The molecule has 2 bridgehead atoms. The molecule has 0 saturated heterocycles. The summed E-state index contributed by atoms with van der Waals surface area (Å²) in [7, 11) is 0. The van der Waals surface area contributed by atoms with Gasteiger partial charge in [0.2, 0.25) is 0 Å². The topological polar surface area (TPSA) is 12.0 Å². The highest BCUT2D eigenvalue weighted by Gasteiger charge is 2.49. The monoisotopic (exact) mass is 529 g/mol. The minimum absolute atomic E-state index is 0.0570. The largest absolute Gasteiger partial charge is 0.355 e. The van der Waals surface area contributed by atoms with Crippen LogP contribution in [-0.4, -0.2) is 0 Å². The summed E-state index contributed by atoms with van der Waals surface area (Å²) in [5.41, 5.74) is 14.8. The van der Waals surface area contributed by atoms with Crippen molar-refractivity contribution in [2.24, 2.45) is 11.8 Å². The Morgan fingerprint density at radius 1 is 0.610 bits per heavy atom. The van der Waals surface area contributed by atoms with Crippen LogP contribution in [0.2, 0.25) is 0 Å². The first-order chi connectivity index (χ1) is 20.2. The Kier molecular flexibility index (Phi) is 5.74. The lowest BCUT2D eigenvalue weighted by Gasteiger charge is -2.45. The third kappa shape index (κ3) is 4.06. The number of rotatable bonds is 4. The van der Waals surface area contributed by atoms with Crippen LogP contribution < -0.4 is 5.32 Å². The van der Waals surface area contributed by atoms with Crippen LogP contribution >= 0.6 is 0 Å². The second kappa shape index (κ2) is 9.63. The van der Waals surface area contributed by atoms with Gasteiger partial charge in [-0.05, 0) is 106 Å². The van der Waals surface area contributed by atoms with Crippen molar-refractivity contribution in [3.8, 4) is 33.4 Å². The minimum atomic E-state index is 0.0570. The van der Waals surface area contributed by atoms with Crippen molar-refractivity contribution in [1.29, 1.82) is 0 Å². The van der Waals surface area contributed by atoms with E-state index in [-0.39, 0.29) is 5.41 Å². The van der Waals surface area contributed by atoms with Gasteiger partial charge in [0.15, 0.2) is 0 Å². The van der Waals surface area contributed by atoms with Crippen LogP contribution in [0.5, 0.6) is 0 Å². The van der Waals surface area contributed by atoms with Gasteiger partial charge in [-0.25, -0.2) is 0 Å². The Labute approximate surface area is 243 Å². The quantitative estimate of drug-likeness (QED) is 0.228. The molecule has 3 atom stereocenters. The summed E-state index contributed by atoms with van der Waals surface area (Å²) in [6, 6.07) is 44.5. The van der Waals surface area contributed by atoms with Crippen LogP contribution in [0.3, 0.4) is 0 Å². The molecule has 1 heteroatoms. The van der Waals surface area contributed by atoms with Crippen LogP contribution in [0.4, 0.5) is 11.4 Å². The van der Waals surface area contributed by atoms with Gasteiger partial charge in [-0.2, -0.15) is 0 Å². The summed E-state index contributed by atoms with van der Waals surface area (Å²) in [5, 5.41) is 3.74. The number of nitrogens with one attached hydrogen (secondary N) is 1. The zero-order chi connectivity index (χ0) is 27.4. The molecule has 1 saturated carbocycles. The van der Waals surface area contributed by atoms with Crippen molar-refractivity contribution >= 4 is 11.4 Å². The molecule has 3 aliphatic rings. The molecular formula is C40H35N. The highest BCUT2D eigenvalue weighted by molar-refractivity contribution is 5.86. The fourth-order valence-electron chi connectivity index (χ4n) is 8.01. The highest BCUT2D eigenvalue weighted by atomic mass is 14.9. The molecule has 0 aromatic heterocycles. The van der Waals surface area contributed by atoms with E-state index < -0.39 is 0 Å². The molecule has 5 aromatic carbocycles. The van der Waals surface area contributed by atoms with Crippen molar-refractivity contribution in [3.63, 3.8) is 0 Å². The maximum Gasteiger partial charge on any atom is 0.0423 e. The van der Waals surface area contributed by atoms with E-state index in [0.29, 0.717) is 5.92 Å². The number of allylic oxidation sites excluding steroid dienone is 2. The van der Waals surface area contributed by atoms with Crippen molar-refractivity contribution in [3.05, 3.63) is 144 Å². The van der Waals surface area contributed by atoms with Crippen molar-refractivity contribution in [1.82, 2.24) is 0 Å². The van der Waals surface area contributed by atoms with Gasteiger partial charge in [-0.15, -0.1) is 0 Å². The molecule has 0 amide bonds. The summed E-state index contributed by atoms with van der Waals surface area (Å²) in [5.74, 6) is 1.54. The molecule has 0 aliphatic heterocycles. The molecule has 1 N–H and O–H groups in total. The maximum absolute atomic E-state index is 3.74. The summed E-state index contributed by atoms with van der Waals surface area (Å²) in [6.45, 7) is 2.41. The van der Waals surface area contributed by atoms with Gasteiger partial charge in [0.1, 0.15) is 0 Å². The molecular weight excluding hydrogens is 494 g/mol. The van der Waals surface area contributed by atoms with Gasteiger partial charge >= 0.3 is 0 Å². The van der Waals surface area contributed by atoms with Crippen molar-refractivity contribution in [2.45, 2.75) is 38.0 Å². The van der Waals surface area contributed by atoms with Gasteiger partial charge in [0.05, 0.1) is 0 Å². The average Bonchev–Trinajstić information content (AvgIpc) is 3.29. The zero-order valence-corrected chi connectivity index (χ0v) is 23.6. The molecule has 8 rings (SSSR count). The number of fused-ring (bicyclic) bond motifs is 8. The third-order valence-corrected chi connectivity index (χ3v) is 9.81. The first-order valence-corrected chi connectivity index (χ1v) is 15.2. The Morgan fingerprint density at radius 2 is 1.29 bits per heavy atom. The molecule has 41 heavy (non-hydrogen) atoms.